The third-order valence-electron chi connectivity index (χ3n) is 2.59. The van der Waals surface area contributed by atoms with Crippen LogP contribution in [-0.4, -0.2) is 24.5 Å². The quantitative estimate of drug-likeness (QED) is 0.605. The molecule has 0 bridgehead atoms. The maximum Gasteiger partial charge on any atom is 0.0192 e. The summed E-state index contributed by atoms with van der Waals surface area (Å²) < 4.78 is 0. The molecule has 0 spiro atoms. The summed E-state index contributed by atoms with van der Waals surface area (Å²) in [4.78, 5) is 2.35. The second-order valence-electron chi connectivity index (χ2n) is 4.39. The Morgan fingerprint density at radius 3 is 2.07 bits per heavy atom. The Balaban J connectivity index is 4.13. The SMILES string of the molecule is CC/C(C)=C/C=C(\C)CN(C)C(C)C. The fraction of sp³-hybridized carbons (Fsp3) is 0.692. The summed E-state index contributed by atoms with van der Waals surface area (Å²) in [5.41, 5.74) is 2.87. The Morgan fingerprint density at radius 2 is 1.64 bits per heavy atom. The van der Waals surface area contributed by atoms with E-state index in [1.165, 1.54) is 11.1 Å². The van der Waals surface area contributed by atoms with E-state index in [9.17, 15) is 0 Å². The Hall–Kier alpha value is -0.560. The van der Waals surface area contributed by atoms with Gasteiger partial charge in [0.2, 0.25) is 0 Å². The summed E-state index contributed by atoms with van der Waals surface area (Å²) >= 11 is 0. The van der Waals surface area contributed by atoms with Crippen LogP contribution in [0, 0.1) is 0 Å². The molecule has 82 valence electrons. The Kier molecular flexibility index (Phi) is 6.56. The molecule has 0 heterocycles. The second-order valence-corrected chi connectivity index (χ2v) is 4.39. The highest BCUT2D eigenvalue weighted by molar-refractivity contribution is 5.16. The lowest BCUT2D eigenvalue weighted by atomic mass is 10.2. The summed E-state index contributed by atoms with van der Waals surface area (Å²) in [6.45, 7) is 12.1. The topological polar surface area (TPSA) is 3.24 Å². The summed E-state index contributed by atoms with van der Waals surface area (Å²) in [5, 5.41) is 0. The van der Waals surface area contributed by atoms with Gasteiger partial charge >= 0.3 is 0 Å². The van der Waals surface area contributed by atoms with Crippen LogP contribution in [0.1, 0.15) is 41.0 Å². The minimum atomic E-state index is 0.620. The monoisotopic (exact) mass is 195 g/mol. The zero-order valence-electron chi connectivity index (χ0n) is 10.6. The minimum absolute atomic E-state index is 0.620. The highest BCUT2D eigenvalue weighted by Crippen LogP contribution is 2.04. The van der Waals surface area contributed by atoms with E-state index in [1.807, 2.05) is 0 Å². The molecule has 1 heteroatoms. The molecule has 0 atom stereocenters. The molecule has 0 aliphatic carbocycles. The van der Waals surface area contributed by atoms with Gasteiger partial charge in [-0.25, -0.2) is 0 Å². The molecule has 0 aromatic rings. The van der Waals surface area contributed by atoms with Crippen molar-refractivity contribution in [3.8, 4) is 0 Å². The molecule has 14 heavy (non-hydrogen) atoms. The first-order valence-corrected chi connectivity index (χ1v) is 5.50. The standard InChI is InChI=1S/C13H25N/c1-7-12(4)8-9-13(5)10-14(6)11(2)3/h8-9,11H,7,10H2,1-6H3/b12-8+,13-9+. The zero-order chi connectivity index (χ0) is 11.1. The molecule has 0 unspecified atom stereocenters. The van der Waals surface area contributed by atoms with Crippen LogP contribution < -0.4 is 0 Å². The Morgan fingerprint density at radius 1 is 1.14 bits per heavy atom. The van der Waals surface area contributed by atoms with Crippen LogP contribution in [0.2, 0.25) is 0 Å². The number of hydrogen-bond donors (Lipinski definition) is 0. The van der Waals surface area contributed by atoms with Gasteiger partial charge in [0.05, 0.1) is 0 Å². The molecule has 0 aromatic carbocycles. The second kappa shape index (κ2) is 6.83. The van der Waals surface area contributed by atoms with Crippen molar-refractivity contribution in [2.24, 2.45) is 0 Å². The number of hydrogen-bond acceptors (Lipinski definition) is 1. The van der Waals surface area contributed by atoms with Crippen molar-refractivity contribution in [2.75, 3.05) is 13.6 Å². The fourth-order valence-electron chi connectivity index (χ4n) is 1.03. The first-order valence-electron chi connectivity index (χ1n) is 5.50. The van der Waals surface area contributed by atoms with Gasteiger partial charge in [0.25, 0.3) is 0 Å². The van der Waals surface area contributed by atoms with E-state index in [0.717, 1.165) is 13.0 Å². The fourth-order valence-corrected chi connectivity index (χ4v) is 1.03. The first-order chi connectivity index (χ1) is 6.47. The largest absolute Gasteiger partial charge is 0.300 e. The van der Waals surface area contributed by atoms with Crippen LogP contribution in [0.25, 0.3) is 0 Å². The van der Waals surface area contributed by atoms with Gasteiger partial charge in [-0.05, 0) is 41.2 Å². The molecule has 0 amide bonds. The summed E-state index contributed by atoms with van der Waals surface area (Å²) in [7, 11) is 2.17. The van der Waals surface area contributed by atoms with E-state index in [2.05, 4.69) is 58.7 Å². The molecule has 1 nitrogen and oxygen atoms in total. The van der Waals surface area contributed by atoms with Crippen LogP contribution in [0.3, 0.4) is 0 Å². The van der Waals surface area contributed by atoms with Crippen LogP contribution in [0.5, 0.6) is 0 Å². The van der Waals surface area contributed by atoms with Gasteiger partial charge in [0, 0.05) is 12.6 Å². The lowest BCUT2D eigenvalue weighted by Gasteiger charge is -2.21. The number of rotatable bonds is 5. The molecular weight excluding hydrogens is 170 g/mol. The number of nitrogens with zero attached hydrogens (tertiary/aromatic N) is 1. The summed E-state index contributed by atoms with van der Waals surface area (Å²) in [6.07, 6.45) is 5.60. The molecule has 0 saturated heterocycles. The average molecular weight is 195 g/mol. The molecule has 0 aliphatic rings. The molecule has 0 radical (unpaired) electrons. The van der Waals surface area contributed by atoms with Gasteiger partial charge in [-0.2, -0.15) is 0 Å². The molecule has 0 aliphatic heterocycles. The Labute approximate surface area is 89.5 Å². The van der Waals surface area contributed by atoms with Gasteiger partial charge in [-0.1, -0.05) is 30.2 Å². The predicted molar refractivity (Wildman–Crippen MR) is 65.6 cm³/mol. The van der Waals surface area contributed by atoms with E-state index in [0.29, 0.717) is 6.04 Å². The van der Waals surface area contributed by atoms with Gasteiger partial charge in [0.1, 0.15) is 0 Å². The molecule has 0 fully saturated rings. The van der Waals surface area contributed by atoms with Crippen LogP contribution in [0.4, 0.5) is 0 Å². The highest BCUT2D eigenvalue weighted by Gasteiger charge is 2.02. The van der Waals surface area contributed by atoms with Crippen LogP contribution in [-0.2, 0) is 0 Å². The van der Waals surface area contributed by atoms with Crippen molar-refractivity contribution in [3.63, 3.8) is 0 Å². The van der Waals surface area contributed by atoms with Crippen molar-refractivity contribution in [3.05, 3.63) is 23.3 Å². The molecule has 0 N–H and O–H groups in total. The predicted octanol–water partition coefficient (Wildman–Crippen LogP) is 3.63. The number of allylic oxidation sites excluding steroid dienone is 3. The summed E-state index contributed by atoms with van der Waals surface area (Å²) in [5.74, 6) is 0. The third-order valence-corrected chi connectivity index (χ3v) is 2.59. The first kappa shape index (κ1) is 13.4. The van der Waals surface area contributed by atoms with Crippen molar-refractivity contribution in [1.82, 2.24) is 4.90 Å². The minimum Gasteiger partial charge on any atom is -0.300 e. The number of likely N-dealkylation sites (N-methyl/N-ethyl adjacent to an activating group) is 1. The van der Waals surface area contributed by atoms with Crippen molar-refractivity contribution >= 4 is 0 Å². The smallest absolute Gasteiger partial charge is 0.0192 e. The maximum atomic E-state index is 2.35. The normalized spacial score (nSPS) is 14.3. The molecule has 0 rings (SSSR count). The van der Waals surface area contributed by atoms with Gasteiger partial charge in [-0.15, -0.1) is 0 Å². The van der Waals surface area contributed by atoms with E-state index < -0.39 is 0 Å². The summed E-state index contributed by atoms with van der Waals surface area (Å²) in [6, 6.07) is 0.620. The molecule has 0 aromatic heterocycles. The van der Waals surface area contributed by atoms with E-state index in [1.54, 1.807) is 0 Å². The van der Waals surface area contributed by atoms with E-state index in [-0.39, 0.29) is 0 Å². The van der Waals surface area contributed by atoms with E-state index in [4.69, 9.17) is 0 Å². The van der Waals surface area contributed by atoms with Crippen LogP contribution in [0.15, 0.2) is 23.3 Å². The average Bonchev–Trinajstić information content (AvgIpc) is 2.13. The van der Waals surface area contributed by atoms with Gasteiger partial charge in [0.15, 0.2) is 0 Å². The Bertz CT molecular complexity index is 211. The third kappa shape index (κ3) is 5.98. The van der Waals surface area contributed by atoms with Crippen molar-refractivity contribution in [2.45, 2.75) is 47.1 Å². The molecular formula is C13H25N. The van der Waals surface area contributed by atoms with Gasteiger partial charge < -0.3 is 4.90 Å². The lowest BCUT2D eigenvalue weighted by molar-refractivity contribution is 0.297. The lowest BCUT2D eigenvalue weighted by Crippen LogP contribution is -2.27. The maximum absolute atomic E-state index is 2.35. The van der Waals surface area contributed by atoms with E-state index >= 15 is 0 Å². The van der Waals surface area contributed by atoms with Crippen molar-refractivity contribution in [1.29, 1.82) is 0 Å². The highest BCUT2D eigenvalue weighted by atomic mass is 15.1. The molecule has 0 saturated carbocycles. The van der Waals surface area contributed by atoms with Crippen LogP contribution >= 0.6 is 0 Å². The zero-order valence-corrected chi connectivity index (χ0v) is 10.6. The van der Waals surface area contributed by atoms with Gasteiger partial charge in [-0.3, -0.25) is 0 Å². The van der Waals surface area contributed by atoms with Crippen molar-refractivity contribution < 1.29 is 0 Å².